The summed E-state index contributed by atoms with van der Waals surface area (Å²) in [4.78, 5) is -0.0183. The molecule has 3 nitrogen and oxygen atoms in total. The Morgan fingerprint density at radius 2 is 2.00 bits per heavy atom. The molecule has 6 heteroatoms. The van der Waals surface area contributed by atoms with Gasteiger partial charge in [0.15, 0.2) is 0 Å². The first-order valence-electron chi connectivity index (χ1n) is 3.00. The van der Waals surface area contributed by atoms with E-state index in [9.17, 15) is 8.42 Å². The van der Waals surface area contributed by atoms with Crippen LogP contribution in [0.25, 0.3) is 0 Å². The Labute approximate surface area is 91.5 Å². The van der Waals surface area contributed by atoms with Gasteiger partial charge < -0.3 is 0 Å². The number of halogens is 1. The zero-order chi connectivity index (χ0) is 9.35. The molecule has 0 saturated heterocycles. The van der Waals surface area contributed by atoms with Crippen LogP contribution in [-0.2, 0) is 36.2 Å². The molecule has 0 unspecified atom stereocenters. The summed E-state index contributed by atoms with van der Waals surface area (Å²) in [6.07, 6.45) is 0. The molecule has 0 saturated carbocycles. The molecule has 0 atom stereocenters. The van der Waals surface area contributed by atoms with Crippen molar-refractivity contribution in [3.8, 4) is 0 Å². The molecule has 1 rings (SSSR count). The van der Waals surface area contributed by atoms with E-state index in [-0.39, 0.29) is 31.0 Å². The van der Waals surface area contributed by atoms with Gasteiger partial charge in [-0.1, -0.05) is 0 Å². The third-order valence-corrected chi connectivity index (χ3v) is 5.76. The second kappa shape index (κ2) is 3.61. The maximum absolute atomic E-state index is 10.7. The van der Waals surface area contributed by atoms with Crippen molar-refractivity contribution in [1.29, 1.82) is 0 Å². The third kappa shape index (κ3) is 2.42. The van der Waals surface area contributed by atoms with Crippen molar-refractivity contribution >= 4 is 24.8 Å². The summed E-state index contributed by atoms with van der Waals surface area (Å²) in [6.45, 7) is 0. The molecule has 0 aromatic heterocycles. The van der Waals surface area contributed by atoms with E-state index in [1.165, 1.54) is 12.1 Å². The molecule has 0 aliphatic rings. The Morgan fingerprint density at radius 3 is 2.42 bits per heavy atom. The summed E-state index contributed by atoms with van der Waals surface area (Å²) < 4.78 is 30.8. The first kappa shape index (κ1) is 10.4. The standard InChI is InChI=1S/C6H4ClO3S.Hg/c7-5-1-3-6(4-2-5)11(8,9)10;/h1-3H,(H,8,9,10);. The van der Waals surface area contributed by atoms with E-state index in [2.05, 4.69) is 0 Å². The van der Waals surface area contributed by atoms with Gasteiger partial charge in [-0.15, -0.1) is 0 Å². The molecule has 1 N–H and O–H groups in total. The van der Waals surface area contributed by atoms with Crippen LogP contribution in [0.15, 0.2) is 23.1 Å². The molecule has 61 valence electrons. The fourth-order valence-electron chi connectivity index (χ4n) is 0.800. The fourth-order valence-corrected chi connectivity index (χ4v) is 5.57. The van der Waals surface area contributed by atoms with Gasteiger partial charge in [-0.3, -0.25) is 0 Å². The second-order valence-electron chi connectivity index (χ2n) is 2.23. The zero-order valence-corrected chi connectivity index (χ0v) is 13.1. The summed E-state index contributed by atoms with van der Waals surface area (Å²) in [5, 5.41) is 0.493. The normalized spacial score (nSPS) is 11.7. The first-order chi connectivity index (χ1) is 5.41. The van der Waals surface area contributed by atoms with Crippen molar-refractivity contribution in [2.75, 3.05) is 0 Å². The molecule has 0 fully saturated rings. The van der Waals surface area contributed by atoms with Gasteiger partial charge in [-0.25, -0.2) is 0 Å². The van der Waals surface area contributed by atoms with Crippen molar-refractivity contribution in [1.82, 2.24) is 0 Å². The third-order valence-electron chi connectivity index (χ3n) is 1.30. The van der Waals surface area contributed by atoms with Crippen LogP contribution in [0.4, 0.5) is 0 Å². The summed E-state index contributed by atoms with van der Waals surface area (Å²) in [5.74, 6) is 0. The molecule has 0 aliphatic heterocycles. The molecule has 1 aromatic carbocycles. The van der Waals surface area contributed by atoms with Crippen molar-refractivity contribution < 1.29 is 39.1 Å². The van der Waals surface area contributed by atoms with Gasteiger partial charge in [0.1, 0.15) is 0 Å². The van der Waals surface area contributed by atoms with Gasteiger partial charge in [0.2, 0.25) is 0 Å². The van der Waals surface area contributed by atoms with Crippen LogP contribution in [0.2, 0.25) is 5.02 Å². The molecular formula is C6H4ClHgO3S. The van der Waals surface area contributed by atoms with Crippen LogP contribution < -0.4 is 3.07 Å². The Bertz CT molecular complexity index is 401. The van der Waals surface area contributed by atoms with E-state index >= 15 is 0 Å². The molecule has 12 heavy (non-hydrogen) atoms. The monoisotopic (exact) mass is 393 g/mol. The first-order valence-corrected chi connectivity index (χ1v) is 7.57. The number of hydrogen-bond donors (Lipinski definition) is 1. The predicted molar refractivity (Wildman–Crippen MR) is 40.9 cm³/mol. The maximum atomic E-state index is 10.7. The molecule has 0 amide bonds. The molecule has 0 spiro atoms. The number of rotatable bonds is 1. The Kier molecular flexibility index (Phi) is 3.14. The van der Waals surface area contributed by atoms with E-state index in [0.29, 0.717) is 8.09 Å². The minimum atomic E-state index is -4.06. The Balaban J connectivity index is 3.39. The summed E-state index contributed by atoms with van der Waals surface area (Å²) in [5.41, 5.74) is 0. The minimum absolute atomic E-state index is 0.0183. The summed E-state index contributed by atoms with van der Waals surface area (Å²) >= 11 is 5.74. The van der Waals surface area contributed by atoms with E-state index in [1.807, 2.05) is 0 Å². The van der Waals surface area contributed by atoms with Gasteiger partial charge in [0.05, 0.1) is 0 Å². The second-order valence-corrected chi connectivity index (χ2v) is 7.01. The van der Waals surface area contributed by atoms with Crippen molar-refractivity contribution in [3.05, 3.63) is 23.2 Å². The quantitative estimate of drug-likeness (QED) is 0.567. The number of hydrogen-bond acceptors (Lipinski definition) is 2. The molecular weight excluding hydrogens is 388 g/mol. The van der Waals surface area contributed by atoms with Gasteiger partial charge >= 0.3 is 92.0 Å². The molecule has 0 heterocycles. The van der Waals surface area contributed by atoms with Crippen LogP contribution in [-0.4, -0.2) is 13.0 Å². The topological polar surface area (TPSA) is 54.4 Å². The summed E-state index contributed by atoms with van der Waals surface area (Å²) in [6, 6.07) is 4.33. The van der Waals surface area contributed by atoms with Crippen LogP contribution in [0.5, 0.6) is 0 Å². The van der Waals surface area contributed by atoms with Crippen LogP contribution in [0.1, 0.15) is 0 Å². The molecule has 0 aliphatic carbocycles. The van der Waals surface area contributed by atoms with Crippen molar-refractivity contribution in [3.63, 3.8) is 0 Å². The van der Waals surface area contributed by atoms with Crippen LogP contribution in [0.3, 0.4) is 0 Å². The van der Waals surface area contributed by atoms with E-state index in [4.69, 9.17) is 16.2 Å². The predicted octanol–water partition coefficient (Wildman–Crippen LogP) is 0.759. The van der Waals surface area contributed by atoms with Crippen LogP contribution in [0, 0.1) is 0 Å². The zero-order valence-electron chi connectivity index (χ0n) is 5.99. The van der Waals surface area contributed by atoms with Gasteiger partial charge in [-0.2, -0.15) is 0 Å². The van der Waals surface area contributed by atoms with Gasteiger partial charge in [0, 0.05) is 0 Å². The van der Waals surface area contributed by atoms with E-state index < -0.39 is 10.1 Å². The molecule has 0 radical (unpaired) electrons. The Morgan fingerprint density at radius 1 is 1.42 bits per heavy atom. The van der Waals surface area contributed by atoms with Crippen molar-refractivity contribution in [2.45, 2.75) is 4.90 Å². The number of benzene rings is 1. The van der Waals surface area contributed by atoms with E-state index in [1.54, 1.807) is 6.07 Å². The fraction of sp³-hybridized carbons (Fsp3) is 0. The van der Waals surface area contributed by atoms with Gasteiger partial charge in [-0.05, 0) is 0 Å². The average molecular weight is 392 g/mol. The SMILES string of the molecule is O=S(=O)(O)c1ccc(Cl)c[c]1[Hg]. The van der Waals surface area contributed by atoms with Crippen molar-refractivity contribution in [2.24, 2.45) is 0 Å². The van der Waals surface area contributed by atoms with E-state index in [0.717, 1.165) is 0 Å². The summed E-state index contributed by atoms with van der Waals surface area (Å²) in [7, 11) is -4.06. The average Bonchev–Trinajstić information content (AvgIpc) is 1.83. The van der Waals surface area contributed by atoms with Gasteiger partial charge in [0.25, 0.3) is 0 Å². The van der Waals surface area contributed by atoms with Crippen LogP contribution >= 0.6 is 11.6 Å². The Hall–Kier alpha value is 0.355. The molecule has 0 bridgehead atoms. The molecule has 1 aromatic rings.